The second-order valence-electron chi connectivity index (χ2n) is 10.4. The number of alkyl halides is 3. The highest BCUT2D eigenvalue weighted by molar-refractivity contribution is 8.00. The zero-order valence-electron chi connectivity index (χ0n) is 20.3. The van der Waals surface area contributed by atoms with Crippen molar-refractivity contribution in [2.45, 2.75) is 28.8 Å². The predicted octanol–water partition coefficient (Wildman–Crippen LogP) is 4.85. The number of methoxy groups -OCH3 is 1. The van der Waals surface area contributed by atoms with Gasteiger partial charge in [-0.1, -0.05) is 29.5 Å². The second-order valence-corrected chi connectivity index (χ2v) is 12.6. The lowest BCUT2D eigenvalue weighted by molar-refractivity contribution is -0.137. The number of H-pyrrole nitrogens is 1. The number of amides is 2. The third kappa shape index (κ3) is 3.40. The zero-order chi connectivity index (χ0) is 27.4. The summed E-state index contributed by atoms with van der Waals surface area (Å²) in [5, 5.41) is 10.8. The molecule has 2 aromatic carbocycles. The number of halogens is 3. The fourth-order valence-electron chi connectivity index (χ4n) is 7.42. The van der Waals surface area contributed by atoms with Gasteiger partial charge in [0.05, 0.1) is 35.2 Å². The first-order valence-corrected chi connectivity index (χ1v) is 14.1. The summed E-state index contributed by atoms with van der Waals surface area (Å²) in [6.07, 6.45) is -4.12. The van der Waals surface area contributed by atoms with Crippen molar-refractivity contribution in [1.82, 2.24) is 4.98 Å². The van der Waals surface area contributed by atoms with Gasteiger partial charge in [0.1, 0.15) is 0 Å². The lowest BCUT2D eigenvalue weighted by Crippen LogP contribution is -2.42. The van der Waals surface area contributed by atoms with E-state index < -0.39 is 41.1 Å². The lowest BCUT2D eigenvalue weighted by Gasteiger charge is -2.43. The van der Waals surface area contributed by atoms with Crippen molar-refractivity contribution < 1.29 is 32.6 Å². The predicted molar refractivity (Wildman–Crippen MR) is 137 cm³/mol. The molecule has 1 aromatic heterocycles. The number of aromatic hydroxyl groups is 1. The number of thioether (sulfide) groups is 1. The number of hydrogen-bond acceptors (Lipinski definition) is 7. The number of carbonyl (C=O) groups is 2. The molecule has 2 saturated carbocycles. The molecule has 7 nitrogen and oxygen atoms in total. The Bertz CT molecular complexity index is 1600. The van der Waals surface area contributed by atoms with Gasteiger partial charge in [0, 0.05) is 16.0 Å². The number of para-hydroxylation sites is 1. The molecule has 3 aromatic rings. The Morgan fingerprint density at radius 3 is 2.49 bits per heavy atom. The van der Waals surface area contributed by atoms with E-state index in [9.17, 15) is 32.7 Å². The molecule has 2 aliphatic heterocycles. The number of phenols is 1. The molecule has 2 N–H and O–H groups in total. The van der Waals surface area contributed by atoms with E-state index in [1.165, 1.54) is 43.1 Å². The average molecular weight is 575 g/mol. The highest BCUT2D eigenvalue weighted by atomic mass is 32.2. The highest BCUT2D eigenvalue weighted by Gasteiger charge is 2.70. The number of rotatable bonds is 3. The van der Waals surface area contributed by atoms with E-state index in [1.54, 1.807) is 12.1 Å². The number of hydrogen-bond donors (Lipinski definition) is 2. The molecule has 0 spiro atoms. The molecule has 7 rings (SSSR count). The molecule has 7 atom stereocenters. The van der Waals surface area contributed by atoms with Crippen LogP contribution in [-0.4, -0.2) is 34.3 Å². The van der Waals surface area contributed by atoms with Gasteiger partial charge in [-0.05, 0) is 54.0 Å². The van der Waals surface area contributed by atoms with Gasteiger partial charge >= 0.3 is 11.0 Å². The number of ether oxygens (including phenoxy) is 1. The van der Waals surface area contributed by atoms with E-state index in [4.69, 9.17) is 4.74 Å². The maximum Gasteiger partial charge on any atom is 0.418 e. The summed E-state index contributed by atoms with van der Waals surface area (Å²) in [5.74, 6) is -3.30. The van der Waals surface area contributed by atoms with Crippen LogP contribution in [0.3, 0.4) is 0 Å². The molecule has 6 unspecified atom stereocenters. The van der Waals surface area contributed by atoms with Crippen molar-refractivity contribution in [3.05, 3.63) is 68.1 Å². The van der Waals surface area contributed by atoms with E-state index in [2.05, 4.69) is 4.98 Å². The van der Waals surface area contributed by atoms with Gasteiger partial charge in [-0.15, -0.1) is 11.8 Å². The quantitative estimate of drug-likeness (QED) is 0.434. The minimum Gasteiger partial charge on any atom is -0.504 e. The van der Waals surface area contributed by atoms with Crippen molar-refractivity contribution in [1.29, 1.82) is 0 Å². The Hall–Kier alpha value is -3.25. The largest absolute Gasteiger partial charge is 0.504 e. The minimum absolute atomic E-state index is 0.0333. The number of aromatic amines is 1. The molecule has 12 heteroatoms. The maximum absolute atomic E-state index is 13.8. The van der Waals surface area contributed by atoms with E-state index in [0.29, 0.717) is 11.4 Å². The van der Waals surface area contributed by atoms with Crippen molar-refractivity contribution in [2.24, 2.45) is 29.6 Å². The number of thiazole rings is 1. The lowest BCUT2D eigenvalue weighted by atomic mass is 9.68. The Morgan fingerprint density at radius 2 is 1.77 bits per heavy atom. The van der Waals surface area contributed by atoms with Crippen LogP contribution in [0.5, 0.6) is 11.5 Å². The molecular weight excluding hydrogens is 553 g/mol. The Balaban J connectivity index is 1.33. The number of nitrogens with zero attached hydrogens (tertiary/aromatic N) is 1. The molecule has 0 radical (unpaired) electrons. The van der Waals surface area contributed by atoms with Crippen LogP contribution in [0.4, 0.5) is 18.9 Å². The van der Waals surface area contributed by atoms with Crippen molar-refractivity contribution in [3.8, 4) is 11.5 Å². The van der Waals surface area contributed by atoms with Crippen LogP contribution in [0.25, 0.3) is 0 Å². The molecule has 2 aliphatic carbocycles. The van der Waals surface area contributed by atoms with Crippen LogP contribution in [-0.2, 0) is 15.8 Å². The van der Waals surface area contributed by atoms with Gasteiger partial charge in [-0.25, -0.2) is 4.90 Å². The van der Waals surface area contributed by atoms with E-state index in [1.807, 2.05) is 0 Å². The van der Waals surface area contributed by atoms with Crippen LogP contribution in [0.1, 0.15) is 28.3 Å². The fraction of sp³-hybridized carbons (Fsp3) is 0.370. The Labute approximate surface area is 228 Å². The number of nitrogens with one attached hydrogen (secondary N) is 1. The summed E-state index contributed by atoms with van der Waals surface area (Å²) in [5.41, 5.74) is -0.635. The van der Waals surface area contributed by atoms with Crippen molar-refractivity contribution in [2.75, 3.05) is 12.0 Å². The number of imide groups is 1. The third-order valence-corrected chi connectivity index (χ3v) is 11.3. The first-order valence-electron chi connectivity index (χ1n) is 12.4. The van der Waals surface area contributed by atoms with Crippen LogP contribution in [0.15, 0.2) is 52.3 Å². The molecule has 39 heavy (non-hydrogen) atoms. The van der Waals surface area contributed by atoms with Gasteiger partial charge in [-0.2, -0.15) is 13.2 Å². The average Bonchev–Trinajstić information content (AvgIpc) is 3.62. The first kappa shape index (κ1) is 24.8. The monoisotopic (exact) mass is 574 g/mol. The van der Waals surface area contributed by atoms with E-state index in [0.717, 1.165) is 32.7 Å². The fourth-order valence-corrected chi connectivity index (χ4v) is 10.3. The molecule has 4 aliphatic rings. The van der Waals surface area contributed by atoms with Crippen molar-refractivity contribution >= 4 is 40.6 Å². The third-order valence-electron chi connectivity index (χ3n) is 8.74. The smallest absolute Gasteiger partial charge is 0.418 e. The van der Waals surface area contributed by atoms with Gasteiger partial charge in [-0.3, -0.25) is 14.4 Å². The van der Waals surface area contributed by atoms with E-state index >= 15 is 0 Å². The SMILES string of the molecule is COc1cc([C@H]2c3sc(=O)[nH]c3SC3C4CC(C5C(=O)N(c6ccccc6C(F)(F)F)C(=O)C45)C32)ccc1O. The summed E-state index contributed by atoms with van der Waals surface area (Å²) in [4.78, 5) is 44.2. The van der Waals surface area contributed by atoms with Gasteiger partial charge < -0.3 is 14.8 Å². The number of aromatic nitrogens is 1. The zero-order valence-corrected chi connectivity index (χ0v) is 21.9. The highest BCUT2D eigenvalue weighted by Crippen LogP contribution is 2.69. The van der Waals surface area contributed by atoms with Gasteiger partial charge in [0.15, 0.2) is 11.5 Å². The number of anilines is 1. The summed E-state index contributed by atoms with van der Waals surface area (Å²) >= 11 is 2.59. The minimum atomic E-state index is -4.72. The van der Waals surface area contributed by atoms with Crippen LogP contribution in [0.2, 0.25) is 0 Å². The summed E-state index contributed by atoms with van der Waals surface area (Å²) in [6, 6.07) is 9.71. The Morgan fingerprint density at radius 1 is 1.05 bits per heavy atom. The summed E-state index contributed by atoms with van der Waals surface area (Å²) < 4.78 is 46.8. The van der Waals surface area contributed by atoms with Gasteiger partial charge in [0.2, 0.25) is 11.8 Å². The molecule has 1 saturated heterocycles. The maximum atomic E-state index is 13.8. The standard InChI is InChI=1S/C27H21F3N2O5S2/c1-37-16-8-10(6-7-15(16)33)17-18-11-9-12(21(18)38-23-22(17)39-26(36)31-23)20-19(11)24(34)32(25(20)35)14-5-3-2-4-13(14)27(28,29)30/h2-8,11-12,17-21,33H,9H2,1H3,(H,31,36)/t11?,12?,17-,18?,19?,20?,21?/m1/s1. The number of benzene rings is 2. The normalized spacial score (nSPS) is 30.9. The number of phenolic OH excluding ortho intramolecular Hbond substituents is 1. The topological polar surface area (TPSA) is 99.7 Å². The Kier molecular flexibility index (Phi) is 5.32. The second kappa shape index (κ2) is 8.37. The van der Waals surface area contributed by atoms with Crippen molar-refractivity contribution in [3.63, 3.8) is 0 Å². The molecular formula is C27H21F3N2O5S2. The first-order chi connectivity index (χ1) is 18.6. The summed E-state index contributed by atoms with van der Waals surface area (Å²) in [7, 11) is 1.44. The number of fused-ring (bicyclic) bond motifs is 9. The molecule has 202 valence electrons. The molecule has 3 fully saturated rings. The van der Waals surface area contributed by atoms with Crippen LogP contribution >= 0.6 is 23.1 Å². The summed E-state index contributed by atoms with van der Waals surface area (Å²) in [6.45, 7) is 0. The van der Waals surface area contributed by atoms with Crippen LogP contribution in [0, 0.1) is 29.6 Å². The van der Waals surface area contributed by atoms with Gasteiger partial charge in [0.25, 0.3) is 0 Å². The molecule has 3 heterocycles. The van der Waals surface area contributed by atoms with Crippen LogP contribution < -0.4 is 14.5 Å². The number of carbonyl (C=O) groups excluding carboxylic acids is 2. The molecule has 2 amide bonds. The van der Waals surface area contributed by atoms with E-state index in [-0.39, 0.29) is 45.3 Å². The molecule has 2 bridgehead atoms.